The van der Waals surface area contributed by atoms with Crippen molar-refractivity contribution in [2.75, 3.05) is 0 Å². The van der Waals surface area contributed by atoms with Crippen LogP contribution >= 0.6 is 26.5 Å². The van der Waals surface area contributed by atoms with Gasteiger partial charge in [-0.1, -0.05) is 137 Å². The highest BCUT2D eigenvalue weighted by atomic mass is 35.7. The molecule has 29 heavy (non-hydrogen) atoms. The fourth-order valence-electron chi connectivity index (χ4n) is 8.37. The highest BCUT2D eigenvalue weighted by Gasteiger charge is 2.67. The van der Waals surface area contributed by atoms with Gasteiger partial charge in [-0.2, -0.15) is 0 Å². The Kier molecular flexibility index (Phi) is 9.66. The molecule has 176 valence electrons. The fourth-order valence-corrected chi connectivity index (χ4v) is 108. The van der Waals surface area contributed by atoms with Gasteiger partial charge in [-0.3, -0.25) is 0 Å². The predicted octanol–water partition coefficient (Wildman–Crippen LogP) is 9.96. The minimum absolute atomic E-state index is 0.484. The molecule has 0 aliphatic heterocycles. The summed E-state index contributed by atoms with van der Waals surface area (Å²) in [5.74, 6) is 0. The molecular weight excluding hydrogens is 506 g/mol. The van der Waals surface area contributed by atoms with Crippen LogP contribution in [0.5, 0.6) is 0 Å². The molecule has 0 radical (unpaired) electrons. The van der Waals surface area contributed by atoms with Crippen LogP contribution in [0.3, 0.4) is 0 Å². The maximum Gasteiger partial charge on any atom is 0.0516 e. The molecule has 0 heterocycles. The molecule has 2 atom stereocenters. The van der Waals surface area contributed by atoms with E-state index < -0.39 is 55.4 Å². The third-order valence-electron chi connectivity index (χ3n) is 7.19. The molecule has 0 aromatic rings. The Morgan fingerprint density at radius 2 is 0.655 bits per heavy atom. The molecule has 0 saturated heterocycles. The van der Waals surface area contributed by atoms with Crippen molar-refractivity contribution in [1.29, 1.82) is 0 Å². The SMILES string of the molecule is C[Si](C)(C)C(PP(Cl)C([Si](C)(C)C)([Si](C)(C)C)[Si](C)(C)C)([Si](C)(C)C)[Si](C)(C)C. The van der Waals surface area contributed by atoms with Gasteiger partial charge in [0, 0.05) is 31.2 Å². The van der Waals surface area contributed by atoms with E-state index in [9.17, 15) is 0 Å². The van der Waals surface area contributed by atoms with Gasteiger partial charge in [0.15, 0.2) is 0 Å². The molecule has 0 bridgehead atoms. The standard InChI is InChI=1S/C20H55ClP2Si6/c1-24(2,3)19(25(4,5)6,26(7,8)9)22-23(21)20(27(10,11)12,28(13,14)15)29(16,17)18/h22H,1-18H3. The van der Waals surface area contributed by atoms with Gasteiger partial charge in [-0.05, 0) is 8.05 Å². The summed E-state index contributed by atoms with van der Waals surface area (Å²) < 4.78 is 1.11. The summed E-state index contributed by atoms with van der Waals surface area (Å²) in [5, 5.41) is 0. The zero-order valence-electron chi connectivity index (χ0n) is 23.3. The second kappa shape index (κ2) is 8.91. The summed E-state index contributed by atoms with van der Waals surface area (Å²) in [6.45, 7) is 47.8. The van der Waals surface area contributed by atoms with E-state index in [0.29, 0.717) is 8.05 Å². The van der Waals surface area contributed by atoms with E-state index in [1.54, 1.807) is 0 Å². The van der Waals surface area contributed by atoms with Crippen LogP contribution in [0.2, 0.25) is 118 Å². The smallest absolute Gasteiger partial charge is 0.0516 e. The Bertz CT molecular complexity index is 497. The molecule has 9 heteroatoms. The van der Waals surface area contributed by atoms with Crippen molar-refractivity contribution >= 4 is 74.9 Å². The lowest BCUT2D eigenvalue weighted by molar-refractivity contribution is 1.26. The van der Waals surface area contributed by atoms with Crippen LogP contribution in [0.1, 0.15) is 0 Å². The monoisotopic (exact) mass is 560 g/mol. The first-order valence-corrected chi connectivity index (χ1v) is 36.5. The second-order valence-electron chi connectivity index (χ2n) is 15.4. The Labute approximate surface area is 199 Å². The Hall–Kier alpha value is 2.45. The average Bonchev–Trinajstić information content (AvgIpc) is 2.25. The summed E-state index contributed by atoms with van der Waals surface area (Å²) in [7, 11) is -7.65. The lowest BCUT2D eigenvalue weighted by Crippen LogP contribution is -2.77. The van der Waals surface area contributed by atoms with Crippen LogP contribution in [-0.2, 0) is 0 Å². The van der Waals surface area contributed by atoms with Crippen molar-refractivity contribution < 1.29 is 0 Å². The van der Waals surface area contributed by atoms with Crippen LogP contribution in [0.15, 0.2) is 0 Å². The van der Waals surface area contributed by atoms with E-state index in [4.69, 9.17) is 11.2 Å². The Balaban J connectivity index is 7.22. The fraction of sp³-hybridized carbons (Fsp3) is 1.00. The normalized spacial score (nSPS) is 17.9. The topological polar surface area (TPSA) is 0 Å². The molecular formula is C20H55ClP2Si6. The molecule has 0 nitrogen and oxygen atoms in total. The van der Waals surface area contributed by atoms with Gasteiger partial charge in [0.05, 0.1) is 24.2 Å². The van der Waals surface area contributed by atoms with Gasteiger partial charge in [0.1, 0.15) is 0 Å². The van der Waals surface area contributed by atoms with Crippen LogP contribution in [-0.4, -0.2) is 56.5 Å². The van der Waals surface area contributed by atoms with E-state index in [1.807, 2.05) is 0 Å². The first-order valence-electron chi connectivity index (χ1n) is 11.4. The number of rotatable bonds is 9. The van der Waals surface area contributed by atoms with Crippen LogP contribution in [0, 0.1) is 0 Å². The molecule has 0 aromatic carbocycles. The molecule has 0 saturated carbocycles. The largest absolute Gasteiger partial charge is 0.0919 e. The molecule has 2 unspecified atom stereocenters. The number of halogens is 1. The summed E-state index contributed by atoms with van der Waals surface area (Å²) >= 11 is 8.01. The zero-order chi connectivity index (χ0) is 24.3. The van der Waals surface area contributed by atoms with Gasteiger partial charge in [-0.15, -0.1) is 0 Å². The van der Waals surface area contributed by atoms with Gasteiger partial charge >= 0.3 is 0 Å². The van der Waals surface area contributed by atoms with E-state index >= 15 is 0 Å². The van der Waals surface area contributed by atoms with Crippen molar-refractivity contribution in [2.24, 2.45) is 0 Å². The van der Waals surface area contributed by atoms with Crippen molar-refractivity contribution in [1.82, 2.24) is 0 Å². The van der Waals surface area contributed by atoms with E-state index in [-0.39, 0.29) is 0 Å². The third kappa shape index (κ3) is 5.42. The third-order valence-corrected chi connectivity index (χ3v) is 73.8. The van der Waals surface area contributed by atoms with E-state index in [2.05, 4.69) is 118 Å². The summed E-state index contributed by atoms with van der Waals surface area (Å²) in [4.78, 5) is 0. The summed E-state index contributed by atoms with van der Waals surface area (Å²) in [6.07, 6.45) is 0. The minimum atomic E-state index is -1.47. The maximum atomic E-state index is 8.01. The Morgan fingerprint density at radius 3 is 0.793 bits per heavy atom. The van der Waals surface area contributed by atoms with Gasteiger partial charge < -0.3 is 0 Å². The molecule has 0 aliphatic rings. The number of hydrogen-bond donors (Lipinski definition) is 0. The average molecular weight is 562 g/mol. The van der Waals surface area contributed by atoms with E-state index in [1.165, 1.54) is 0 Å². The molecule has 0 fully saturated rings. The molecule has 0 aromatic heterocycles. The van der Waals surface area contributed by atoms with Crippen molar-refractivity contribution in [3.05, 3.63) is 0 Å². The highest BCUT2D eigenvalue weighted by Crippen LogP contribution is 2.80. The first-order chi connectivity index (χ1) is 12.1. The van der Waals surface area contributed by atoms with Gasteiger partial charge in [0.2, 0.25) is 0 Å². The van der Waals surface area contributed by atoms with E-state index in [0.717, 1.165) is 8.27 Å². The molecule has 0 N–H and O–H groups in total. The minimum Gasteiger partial charge on any atom is -0.0919 e. The molecule has 0 amide bonds. The van der Waals surface area contributed by atoms with Crippen LogP contribution in [0.25, 0.3) is 0 Å². The lowest BCUT2D eigenvalue weighted by Gasteiger charge is -2.66. The van der Waals surface area contributed by atoms with Gasteiger partial charge in [0.25, 0.3) is 0 Å². The summed E-state index contributed by atoms with van der Waals surface area (Å²) in [5.41, 5.74) is 0. The van der Waals surface area contributed by atoms with Crippen LogP contribution < -0.4 is 0 Å². The zero-order valence-corrected chi connectivity index (χ0v) is 32.0. The molecule has 0 rings (SSSR count). The van der Waals surface area contributed by atoms with Crippen LogP contribution in [0.4, 0.5) is 0 Å². The molecule has 0 spiro atoms. The lowest BCUT2D eigenvalue weighted by atomic mass is 11.6. The highest BCUT2D eigenvalue weighted by molar-refractivity contribution is 8.38. The van der Waals surface area contributed by atoms with Crippen molar-refractivity contribution in [3.63, 3.8) is 0 Å². The predicted molar refractivity (Wildman–Crippen MR) is 167 cm³/mol. The van der Waals surface area contributed by atoms with Crippen molar-refractivity contribution in [2.45, 2.75) is 126 Å². The van der Waals surface area contributed by atoms with Gasteiger partial charge in [-0.25, -0.2) is 0 Å². The quantitative estimate of drug-likeness (QED) is 0.194. The molecule has 0 aliphatic carbocycles. The Morgan fingerprint density at radius 1 is 0.448 bits per heavy atom. The summed E-state index contributed by atoms with van der Waals surface area (Å²) in [6, 6.07) is 0. The number of hydrogen-bond acceptors (Lipinski definition) is 0. The second-order valence-corrected chi connectivity index (χ2v) is 58.7. The maximum absolute atomic E-state index is 8.01. The first kappa shape index (κ1) is 31.5. The van der Waals surface area contributed by atoms with Crippen molar-refractivity contribution in [3.8, 4) is 0 Å².